The second kappa shape index (κ2) is 10.8. The fourth-order valence-electron chi connectivity index (χ4n) is 4.85. The van der Waals surface area contributed by atoms with Crippen LogP contribution in [0.2, 0.25) is 5.02 Å². The average molecular weight is 517 g/mol. The summed E-state index contributed by atoms with van der Waals surface area (Å²) in [4.78, 5) is 36.4. The second-order valence-corrected chi connectivity index (χ2v) is 11.3. The van der Waals surface area contributed by atoms with E-state index in [1.54, 1.807) is 4.90 Å². The number of nitrogens with zero attached hydrogens (tertiary/aromatic N) is 4. The molecule has 2 saturated heterocycles. The van der Waals surface area contributed by atoms with Crippen LogP contribution in [0.3, 0.4) is 0 Å². The molecule has 1 aromatic carbocycles. The van der Waals surface area contributed by atoms with Crippen molar-refractivity contribution in [3.05, 3.63) is 40.7 Å². The van der Waals surface area contributed by atoms with Gasteiger partial charge in [-0.25, -0.2) is 9.78 Å². The van der Waals surface area contributed by atoms with Crippen LogP contribution in [0.15, 0.2) is 28.7 Å². The van der Waals surface area contributed by atoms with Gasteiger partial charge in [0, 0.05) is 48.7 Å². The van der Waals surface area contributed by atoms with E-state index in [0.29, 0.717) is 37.1 Å². The van der Waals surface area contributed by atoms with Gasteiger partial charge in [-0.05, 0) is 84.8 Å². The Bertz CT molecular complexity index is 1070. The number of piperidine rings is 1. The Morgan fingerprint density at radius 1 is 1.11 bits per heavy atom. The molecule has 36 heavy (non-hydrogen) atoms. The Morgan fingerprint density at radius 2 is 1.78 bits per heavy atom. The van der Waals surface area contributed by atoms with E-state index in [1.165, 1.54) is 0 Å². The number of ether oxygens (including phenoxy) is 1. The molecule has 196 valence electrons. The highest BCUT2D eigenvalue weighted by Gasteiger charge is 2.35. The lowest BCUT2D eigenvalue weighted by Crippen LogP contribution is -2.57. The number of halogens is 1. The second-order valence-electron chi connectivity index (χ2n) is 10.9. The molecule has 0 radical (unpaired) electrons. The number of carbonyl (C=O) groups is 2. The number of rotatable bonds is 4. The predicted octanol–water partition coefficient (Wildman–Crippen LogP) is 4.98. The first-order valence-corrected chi connectivity index (χ1v) is 13.1. The molecule has 0 spiro atoms. The molecule has 2 aliphatic rings. The zero-order valence-electron chi connectivity index (χ0n) is 21.9. The highest BCUT2D eigenvalue weighted by molar-refractivity contribution is 6.30. The molecule has 0 N–H and O–H groups in total. The number of amides is 2. The Balaban J connectivity index is 1.27. The molecular weight excluding hydrogens is 480 g/mol. The molecule has 0 saturated carbocycles. The van der Waals surface area contributed by atoms with Crippen molar-refractivity contribution in [3.8, 4) is 11.5 Å². The lowest BCUT2D eigenvalue weighted by Gasteiger charge is -2.42. The molecular formula is C27H37ClN4O4. The van der Waals surface area contributed by atoms with E-state index in [0.717, 1.165) is 42.9 Å². The highest BCUT2D eigenvalue weighted by Crippen LogP contribution is 2.27. The van der Waals surface area contributed by atoms with Crippen LogP contribution in [0.4, 0.5) is 4.79 Å². The van der Waals surface area contributed by atoms with Crippen LogP contribution < -0.4 is 0 Å². The number of aromatic nitrogens is 1. The van der Waals surface area contributed by atoms with Crippen molar-refractivity contribution in [2.24, 2.45) is 5.92 Å². The summed E-state index contributed by atoms with van der Waals surface area (Å²) >= 11 is 5.99. The zero-order valence-corrected chi connectivity index (χ0v) is 22.7. The lowest BCUT2D eigenvalue weighted by atomic mass is 9.94. The van der Waals surface area contributed by atoms with Crippen LogP contribution in [0.25, 0.3) is 11.5 Å². The van der Waals surface area contributed by atoms with Gasteiger partial charge in [-0.2, -0.15) is 0 Å². The lowest BCUT2D eigenvalue weighted by molar-refractivity contribution is -0.140. The summed E-state index contributed by atoms with van der Waals surface area (Å²) in [7, 11) is 0. The molecule has 0 unspecified atom stereocenters. The molecule has 1 aromatic heterocycles. The summed E-state index contributed by atoms with van der Waals surface area (Å²) in [6, 6.07) is 7.40. The first-order chi connectivity index (χ1) is 17.0. The maximum atomic E-state index is 13.2. The molecule has 0 bridgehead atoms. The molecule has 8 nitrogen and oxygen atoms in total. The first kappa shape index (κ1) is 26.5. The van der Waals surface area contributed by atoms with Gasteiger partial charge in [-0.15, -0.1) is 0 Å². The third-order valence-electron chi connectivity index (χ3n) is 6.86. The maximum absolute atomic E-state index is 13.2. The Labute approximate surface area is 218 Å². The van der Waals surface area contributed by atoms with Gasteiger partial charge < -0.3 is 19.0 Å². The largest absolute Gasteiger partial charge is 0.444 e. The minimum Gasteiger partial charge on any atom is -0.444 e. The van der Waals surface area contributed by atoms with Crippen molar-refractivity contribution in [2.75, 3.05) is 32.7 Å². The van der Waals surface area contributed by atoms with Gasteiger partial charge in [0.1, 0.15) is 11.4 Å². The van der Waals surface area contributed by atoms with Crippen molar-refractivity contribution in [1.82, 2.24) is 19.7 Å². The van der Waals surface area contributed by atoms with Crippen LogP contribution in [0.1, 0.15) is 52.0 Å². The number of aryl methyl sites for hydroxylation is 1. The summed E-state index contributed by atoms with van der Waals surface area (Å²) in [6.45, 7) is 13.5. The van der Waals surface area contributed by atoms with Crippen molar-refractivity contribution < 1.29 is 18.7 Å². The number of piperazine rings is 1. The molecule has 2 amide bonds. The van der Waals surface area contributed by atoms with Crippen LogP contribution in [-0.2, 0) is 16.1 Å². The molecule has 2 aromatic rings. The molecule has 4 rings (SSSR count). The average Bonchev–Trinajstić information content (AvgIpc) is 3.18. The topological polar surface area (TPSA) is 79.1 Å². The van der Waals surface area contributed by atoms with E-state index in [4.69, 9.17) is 25.7 Å². The highest BCUT2D eigenvalue weighted by atomic mass is 35.5. The smallest absolute Gasteiger partial charge is 0.410 e. The molecule has 3 heterocycles. The van der Waals surface area contributed by atoms with Crippen LogP contribution in [0, 0.1) is 12.8 Å². The SMILES string of the molecule is Cc1oc(-c2ccc(Cl)cc2)nc1CN1CCC(C(=O)N2CCN(C(=O)OC(C)(C)C)[C@@H](C)C2)CC1. The van der Waals surface area contributed by atoms with Crippen molar-refractivity contribution in [2.45, 2.75) is 65.6 Å². The summed E-state index contributed by atoms with van der Waals surface area (Å²) in [5, 5.41) is 0.680. The Kier molecular flexibility index (Phi) is 7.95. The number of oxazole rings is 1. The standard InChI is InChI=1S/C27H37ClN4O4/c1-18-16-31(14-15-32(18)26(34)36-27(3,4)5)25(33)21-10-12-30(13-11-21)17-23-19(2)35-24(29-23)20-6-8-22(28)9-7-20/h6-9,18,21H,10-17H2,1-5H3/t18-/m0/s1. The van der Waals surface area contributed by atoms with Crippen LogP contribution in [-0.4, -0.2) is 76.1 Å². The van der Waals surface area contributed by atoms with Crippen LogP contribution in [0.5, 0.6) is 0 Å². The molecule has 2 aliphatic heterocycles. The van der Waals surface area contributed by atoms with Gasteiger partial charge in [-0.3, -0.25) is 9.69 Å². The number of benzene rings is 1. The van der Waals surface area contributed by atoms with E-state index < -0.39 is 5.60 Å². The number of hydrogen-bond acceptors (Lipinski definition) is 6. The summed E-state index contributed by atoms with van der Waals surface area (Å²) < 4.78 is 11.4. The minimum atomic E-state index is -0.528. The number of hydrogen-bond donors (Lipinski definition) is 0. The normalized spacial score (nSPS) is 20.0. The monoisotopic (exact) mass is 516 g/mol. The van der Waals surface area contributed by atoms with Crippen LogP contribution >= 0.6 is 11.6 Å². The van der Waals surface area contributed by atoms with Crippen molar-refractivity contribution in [1.29, 1.82) is 0 Å². The summed E-state index contributed by atoms with van der Waals surface area (Å²) in [6.07, 6.45) is 1.33. The third kappa shape index (κ3) is 6.40. The quantitative estimate of drug-likeness (QED) is 0.570. The Morgan fingerprint density at radius 3 is 2.39 bits per heavy atom. The van der Waals surface area contributed by atoms with E-state index in [9.17, 15) is 9.59 Å². The van der Waals surface area contributed by atoms with Gasteiger partial charge in [0.2, 0.25) is 11.8 Å². The minimum absolute atomic E-state index is 0.0181. The van der Waals surface area contributed by atoms with E-state index in [-0.39, 0.29) is 24.0 Å². The van der Waals surface area contributed by atoms with Gasteiger partial charge in [0.25, 0.3) is 0 Å². The molecule has 9 heteroatoms. The third-order valence-corrected chi connectivity index (χ3v) is 7.11. The number of likely N-dealkylation sites (tertiary alicyclic amines) is 1. The van der Waals surface area contributed by atoms with Gasteiger partial charge >= 0.3 is 6.09 Å². The van der Waals surface area contributed by atoms with E-state index in [1.807, 2.05) is 63.8 Å². The van der Waals surface area contributed by atoms with E-state index >= 15 is 0 Å². The Hall–Kier alpha value is -2.58. The van der Waals surface area contributed by atoms with Gasteiger partial charge in [0.15, 0.2) is 0 Å². The fourth-order valence-corrected chi connectivity index (χ4v) is 4.97. The summed E-state index contributed by atoms with van der Waals surface area (Å²) in [5.41, 5.74) is 1.30. The number of carbonyl (C=O) groups excluding carboxylic acids is 2. The predicted molar refractivity (Wildman–Crippen MR) is 139 cm³/mol. The van der Waals surface area contributed by atoms with Gasteiger partial charge in [-0.1, -0.05) is 11.6 Å². The molecule has 2 fully saturated rings. The van der Waals surface area contributed by atoms with Gasteiger partial charge in [0.05, 0.1) is 5.69 Å². The fraction of sp³-hybridized carbons (Fsp3) is 0.593. The molecule has 1 atom stereocenters. The molecule has 0 aliphatic carbocycles. The van der Waals surface area contributed by atoms with Crippen molar-refractivity contribution in [3.63, 3.8) is 0 Å². The zero-order chi connectivity index (χ0) is 26.0. The first-order valence-electron chi connectivity index (χ1n) is 12.7. The summed E-state index contributed by atoms with van der Waals surface area (Å²) in [5.74, 6) is 1.64. The van der Waals surface area contributed by atoms with Crippen molar-refractivity contribution >= 4 is 23.6 Å². The maximum Gasteiger partial charge on any atom is 0.410 e. The van der Waals surface area contributed by atoms with E-state index in [2.05, 4.69) is 4.90 Å².